The standard InChI is InChI=1S/C12H17ClN4O2.ClH/c13-10-9-8-14-2-1-3-17(9)15-11(10)12(18)16-4-6-19-7-5-16;/h14H,1-8H2;1H. The Morgan fingerprint density at radius 2 is 2.05 bits per heavy atom. The summed E-state index contributed by atoms with van der Waals surface area (Å²) in [5.74, 6) is -0.0890. The van der Waals surface area contributed by atoms with Gasteiger partial charge in [0.05, 0.1) is 23.9 Å². The highest BCUT2D eigenvalue weighted by atomic mass is 35.5. The summed E-state index contributed by atoms with van der Waals surface area (Å²) < 4.78 is 7.11. The highest BCUT2D eigenvalue weighted by molar-refractivity contribution is 6.34. The number of halogens is 2. The van der Waals surface area contributed by atoms with Crippen LogP contribution in [0.4, 0.5) is 0 Å². The van der Waals surface area contributed by atoms with Crippen LogP contribution >= 0.6 is 24.0 Å². The van der Waals surface area contributed by atoms with Crippen LogP contribution in [-0.4, -0.2) is 53.4 Å². The molecule has 1 saturated heterocycles. The van der Waals surface area contributed by atoms with Gasteiger partial charge in [0.2, 0.25) is 0 Å². The molecule has 112 valence electrons. The van der Waals surface area contributed by atoms with Crippen LogP contribution in [-0.2, 0) is 17.8 Å². The highest BCUT2D eigenvalue weighted by Crippen LogP contribution is 2.24. The Morgan fingerprint density at radius 3 is 2.80 bits per heavy atom. The maximum Gasteiger partial charge on any atom is 0.276 e. The molecular formula is C12H18Cl2N4O2. The Balaban J connectivity index is 0.00000147. The van der Waals surface area contributed by atoms with Gasteiger partial charge >= 0.3 is 0 Å². The zero-order valence-corrected chi connectivity index (χ0v) is 12.7. The largest absolute Gasteiger partial charge is 0.378 e. The lowest BCUT2D eigenvalue weighted by Gasteiger charge is -2.26. The lowest BCUT2D eigenvalue weighted by molar-refractivity contribution is 0.0298. The van der Waals surface area contributed by atoms with E-state index in [2.05, 4.69) is 10.4 Å². The van der Waals surface area contributed by atoms with Gasteiger partial charge in [-0.1, -0.05) is 11.6 Å². The van der Waals surface area contributed by atoms with Crippen molar-refractivity contribution in [1.29, 1.82) is 0 Å². The van der Waals surface area contributed by atoms with Gasteiger partial charge in [0.15, 0.2) is 5.69 Å². The van der Waals surface area contributed by atoms with Crippen LogP contribution in [0, 0.1) is 0 Å². The topological polar surface area (TPSA) is 59.4 Å². The van der Waals surface area contributed by atoms with E-state index in [-0.39, 0.29) is 18.3 Å². The molecule has 0 saturated carbocycles. The van der Waals surface area contributed by atoms with E-state index in [1.807, 2.05) is 4.68 Å². The summed E-state index contributed by atoms with van der Waals surface area (Å²) in [4.78, 5) is 14.2. The van der Waals surface area contributed by atoms with Crippen molar-refractivity contribution in [3.63, 3.8) is 0 Å². The zero-order chi connectivity index (χ0) is 13.2. The summed E-state index contributed by atoms with van der Waals surface area (Å²) >= 11 is 6.33. The number of carbonyl (C=O) groups is 1. The monoisotopic (exact) mass is 320 g/mol. The van der Waals surface area contributed by atoms with Crippen molar-refractivity contribution in [3.8, 4) is 0 Å². The number of amides is 1. The second kappa shape index (κ2) is 6.76. The van der Waals surface area contributed by atoms with Crippen LogP contribution < -0.4 is 5.32 Å². The molecule has 3 heterocycles. The van der Waals surface area contributed by atoms with Gasteiger partial charge in [-0.15, -0.1) is 12.4 Å². The first-order chi connectivity index (χ1) is 9.27. The van der Waals surface area contributed by atoms with Crippen molar-refractivity contribution in [2.45, 2.75) is 19.5 Å². The molecule has 0 aliphatic carbocycles. The fourth-order valence-electron chi connectivity index (χ4n) is 2.44. The molecule has 8 heteroatoms. The second-order valence-corrected chi connectivity index (χ2v) is 5.15. The first kappa shape index (κ1) is 15.6. The molecule has 1 amide bonds. The molecule has 1 N–H and O–H groups in total. The predicted molar refractivity (Wildman–Crippen MR) is 77.5 cm³/mol. The maximum absolute atomic E-state index is 12.4. The number of nitrogens with one attached hydrogen (secondary N) is 1. The van der Waals surface area contributed by atoms with Gasteiger partial charge in [-0.3, -0.25) is 9.48 Å². The molecule has 0 atom stereocenters. The molecule has 0 radical (unpaired) electrons. The van der Waals surface area contributed by atoms with Crippen molar-refractivity contribution in [1.82, 2.24) is 20.0 Å². The smallest absolute Gasteiger partial charge is 0.276 e. The van der Waals surface area contributed by atoms with E-state index in [4.69, 9.17) is 16.3 Å². The molecule has 20 heavy (non-hydrogen) atoms. The molecule has 2 aliphatic rings. The van der Waals surface area contributed by atoms with E-state index in [1.54, 1.807) is 4.90 Å². The average molecular weight is 321 g/mol. The van der Waals surface area contributed by atoms with Gasteiger partial charge in [-0.05, 0) is 13.0 Å². The van der Waals surface area contributed by atoms with Crippen molar-refractivity contribution >= 4 is 29.9 Å². The van der Waals surface area contributed by atoms with E-state index in [0.29, 0.717) is 43.6 Å². The summed E-state index contributed by atoms with van der Waals surface area (Å²) in [6.07, 6.45) is 0.996. The van der Waals surface area contributed by atoms with E-state index < -0.39 is 0 Å². The first-order valence-corrected chi connectivity index (χ1v) is 6.98. The quantitative estimate of drug-likeness (QED) is 0.836. The Morgan fingerprint density at radius 1 is 1.30 bits per heavy atom. The van der Waals surface area contributed by atoms with Gasteiger partial charge < -0.3 is 15.0 Å². The molecule has 1 aromatic rings. The molecule has 1 fully saturated rings. The fourth-order valence-corrected chi connectivity index (χ4v) is 2.73. The van der Waals surface area contributed by atoms with Crippen LogP contribution in [0.2, 0.25) is 5.02 Å². The van der Waals surface area contributed by atoms with Crippen LogP contribution in [0.15, 0.2) is 0 Å². The van der Waals surface area contributed by atoms with Crippen molar-refractivity contribution < 1.29 is 9.53 Å². The number of aryl methyl sites for hydroxylation is 1. The molecule has 6 nitrogen and oxygen atoms in total. The summed E-state index contributed by atoms with van der Waals surface area (Å²) in [6, 6.07) is 0. The Hall–Kier alpha value is -0.820. The van der Waals surface area contributed by atoms with Crippen LogP contribution in [0.5, 0.6) is 0 Å². The number of aromatic nitrogens is 2. The van der Waals surface area contributed by atoms with Crippen LogP contribution in [0.1, 0.15) is 22.6 Å². The summed E-state index contributed by atoms with van der Waals surface area (Å²) in [5, 5.41) is 8.18. The summed E-state index contributed by atoms with van der Waals surface area (Å²) in [6.45, 7) is 4.80. The number of ether oxygens (including phenoxy) is 1. The molecule has 0 aromatic carbocycles. The van der Waals surface area contributed by atoms with E-state index in [0.717, 1.165) is 25.2 Å². The second-order valence-electron chi connectivity index (χ2n) is 4.77. The number of nitrogens with zero attached hydrogens (tertiary/aromatic N) is 3. The predicted octanol–water partition coefficient (Wildman–Crippen LogP) is 0.924. The Kier molecular flexibility index (Phi) is 5.26. The molecule has 0 unspecified atom stereocenters. The van der Waals surface area contributed by atoms with Gasteiger partial charge in [0.25, 0.3) is 5.91 Å². The van der Waals surface area contributed by atoms with Crippen LogP contribution in [0.25, 0.3) is 0 Å². The fraction of sp³-hybridized carbons (Fsp3) is 0.667. The average Bonchev–Trinajstić information content (AvgIpc) is 2.64. The van der Waals surface area contributed by atoms with E-state index >= 15 is 0 Å². The minimum atomic E-state index is -0.0890. The number of hydrogen-bond acceptors (Lipinski definition) is 4. The van der Waals surface area contributed by atoms with Crippen molar-refractivity contribution in [3.05, 3.63) is 16.4 Å². The van der Waals surface area contributed by atoms with Gasteiger partial charge in [0.1, 0.15) is 0 Å². The Bertz CT molecular complexity index is 486. The molecule has 3 rings (SSSR count). The highest BCUT2D eigenvalue weighted by Gasteiger charge is 2.27. The number of rotatable bonds is 1. The first-order valence-electron chi connectivity index (χ1n) is 6.60. The molecule has 0 spiro atoms. The Labute approximate surface area is 128 Å². The van der Waals surface area contributed by atoms with Gasteiger partial charge in [0, 0.05) is 26.2 Å². The van der Waals surface area contributed by atoms with Crippen molar-refractivity contribution in [2.24, 2.45) is 0 Å². The summed E-state index contributed by atoms with van der Waals surface area (Å²) in [7, 11) is 0. The normalized spacial score (nSPS) is 18.9. The third kappa shape index (κ3) is 2.93. The summed E-state index contributed by atoms with van der Waals surface area (Å²) in [5.41, 5.74) is 1.29. The molecule has 0 bridgehead atoms. The zero-order valence-electron chi connectivity index (χ0n) is 11.1. The van der Waals surface area contributed by atoms with Crippen LogP contribution in [0.3, 0.4) is 0 Å². The van der Waals surface area contributed by atoms with Crippen molar-refractivity contribution in [2.75, 3.05) is 32.8 Å². The number of hydrogen-bond donors (Lipinski definition) is 1. The maximum atomic E-state index is 12.4. The third-order valence-corrected chi connectivity index (χ3v) is 3.91. The number of morpholine rings is 1. The third-order valence-electron chi connectivity index (χ3n) is 3.51. The van der Waals surface area contributed by atoms with E-state index in [9.17, 15) is 4.79 Å². The molecule has 2 aliphatic heterocycles. The minimum Gasteiger partial charge on any atom is -0.378 e. The lowest BCUT2D eigenvalue weighted by atomic mass is 10.3. The molecule has 1 aromatic heterocycles. The number of carbonyl (C=O) groups excluding carboxylic acids is 1. The molecular weight excluding hydrogens is 303 g/mol. The number of fused-ring (bicyclic) bond motifs is 1. The van der Waals surface area contributed by atoms with Gasteiger partial charge in [-0.25, -0.2) is 0 Å². The SMILES string of the molecule is Cl.O=C(c1nn2c(c1Cl)CNCCC2)N1CCOCC1. The minimum absolute atomic E-state index is 0. The lowest BCUT2D eigenvalue weighted by Crippen LogP contribution is -2.41. The van der Waals surface area contributed by atoms with E-state index in [1.165, 1.54) is 0 Å². The van der Waals surface area contributed by atoms with Gasteiger partial charge in [-0.2, -0.15) is 5.10 Å².